The molecule has 2 aliphatic rings. The van der Waals surface area contributed by atoms with Crippen LogP contribution in [0.3, 0.4) is 0 Å². The van der Waals surface area contributed by atoms with Crippen molar-refractivity contribution >= 4 is 0 Å². The molecule has 0 aromatic heterocycles. The molecule has 62 valence electrons. The van der Waals surface area contributed by atoms with Gasteiger partial charge in [-0.25, -0.2) is 0 Å². The van der Waals surface area contributed by atoms with Crippen LogP contribution in [-0.4, -0.2) is 18.0 Å². The number of nitrogens with zero attached hydrogens (tertiary/aromatic N) is 1. The maximum Gasteiger partial charge on any atom is 0.0175 e. The molecule has 1 heteroatoms. The van der Waals surface area contributed by atoms with E-state index < -0.39 is 0 Å². The number of allylic oxidation sites excluding steroid dienone is 1. The molecule has 0 N–H and O–H groups in total. The van der Waals surface area contributed by atoms with Crippen molar-refractivity contribution in [3.05, 3.63) is 12.3 Å². The van der Waals surface area contributed by atoms with Gasteiger partial charge in [0.1, 0.15) is 0 Å². The van der Waals surface area contributed by atoms with E-state index in [0.29, 0.717) is 0 Å². The number of hydrogen-bond donors (Lipinski definition) is 0. The van der Waals surface area contributed by atoms with Crippen LogP contribution in [0, 0.1) is 5.92 Å². The molecule has 11 heavy (non-hydrogen) atoms. The molecule has 1 aliphatic carbocycles. The smallest absolute Gasteiger partial charge is 0.0175 e. The third kappa shape index (κ3) is 1.29. The highest BCUT2D eigenvalue weighted by Gasteiger charge is 2.25. The molecular formula is C10H17N. The van der Waals surface area contributed by atoms with Gasteiger partial charge in [-0.3, -0.25) is 0 Å². The van der Waals surface area contributed by atoms with Crippen molar-refractivity contribution in [2.24, 2.45) is 5.92 Å². The molecule has 0 amide bonds. The second-order valence-corrected chi connectivity index (χ2v) is 3.81. The second-order valence-electron chi connectivity index (χ2n) is 3.81. The van der Waals surface area contributed by atoms with Crippen molar-refractivity contribution in [1.82, 2.24) is 4.90 Å². The average Bonchev–Trinajstić information content (AvgIpc) is 2.32. The highest BCUT2D eigenvalue weighted by molar-refractivity contribution is 5.04. The summed E-state index contributed by atoms with van der Waals surface area (Å²) in [5.41, 5.74) is 1.44. The first-order valence-electron chi connectivity index (χ1n) is 4.81. The van der Waals surface area contributed by atoms with Crippen molar-refractivity contribution in [2.45, 2.75) is 32.1 Å². The van der Waals surface area contributed by atoms with Crippen LogP contribution in [0.5, 0.6) is 0 Å². The lowest BCUT2D eigenvalue weighted by Gasteiger charge is -2.33. The summed E-state index contributed by atoms with van der Waals surface area (Å²) in [5.74, 6) is 0.855. The predicted octanol–water partition coefficient (Wildman–Crippen LogP) is 2.40. The number of rotatable bonds is 2. The Hall–Kier alpha value is -0.460. The predicted molar refractivity (Wildman–Crippen MR) is 47.3 cm³/mol. The molecule has 0 aromatic carbocycles. The third-order valence-electron chi connectivity index (χ3n) is 3.09. The van der Waals surface area contributed by atoms with Crippen molar-refractivity contribution in [3.8, 4) is 0 Å². The molecule has 0 radical (unpaired) electrons. The summed E-state index contributed by atoms with van der Waals surface area (Å²) in [5, 5.41) is 0. The van der Waals surface area contributed by atoms with Crippen molar-refractivity contribution in [3.63, 3.8) is 0 Å². The highest BCUT2D eigenvalue weighted by Crippen LogP contribution is 2.34. The SMILES string of the molecule is C=C(C1CCC1)N1CCCC1. The fourth-order valence-corrected chi connectivity index (χ4v) is 2.00. The molecule has 1 aliphatic heterocycles. The summed E-state index contributed by atoms with van der Waals surface area (Å²) < 4.78 is 0. The maximum atomic E-state index is 4.18. The molecule has 1 saturated carbocycles. The Kier molecular flexibility index (Phi) is 1.89. The fourth-order valence-electron chi connectivity index (χ4n) is 2.00. The molecule has 0 aromatic rings. The average molecular weight is 151 g/mol. The van der Waals surface area contributed by atoms with E-state index in [-0.39, 0.29) is 0 Å². The zero-order chi connectivity index (χ0) is 7.68. The van der Waals surface area contributed by atoms with Crippen LogP contribution in [0.25, 0.3) is 0 Å². The molecule has 0 unspecified atom stereocenters. The van der Waals surface area contributed by atoms with Crippen LogP contribution in [0.15, 0.2) is 12.3 Å². The summed E-state index contributed by atoms with van der Waals surface area (Å²) in [6, 6.07) is 0. The van der Waals surface area contributed by atoms with Crippen LogP contribution in [-0.2, 0) is 0 Å². The molecule has 2 rings (SSSR count). The largest absolute Gasteiger partial charge is 0.375 e. The van der Waals surface area contributed by atoms with Gasteiger partial charge in [-0.1, -0.05) is 13.0 Å². The van der Waals surface area contributed by atoms with Crippen LogP contribution in [0.4, 0.5) is 0 Å². The zero-order valence-corrected chi connectivity index (χ0v) is 7.18. The minimum atomic E-state index is 0.855. The van der Waals surface area contributed by atoms with Crippen molar-refractivity contribution in [2.75, 3.05) is 13.1 Å². The van der Waals surface area contributed by atoms with E-state index in [1.165, 1.54) is 50.9 Å². The fraction of sp³-hybridized carbons (Fsp3) is 0.800. The van der Waals surface area contributed by atoms with E-state index in [4.69, 9.17) is 0 Å². The minimum Gasteiger partial charge on any atom is -0.375 e. The van der Waals surface area contributed by atoms with Gasteiger partial charge in [0.2, 0.25) is 0 Å². The van der Waals surface area contributed by atoms with E-state index in [1.54, 1.807) is 0 Å². The van der Waals surface area contributed by atoms with Gasteiger partial charge in [0.05, 0.1) is 0 Å². The highest BCUT2D eigenvalue weighted by atomic mass is 15.2. The summed E-state index contributed by atoms with van der Waals surface area (Å²) in [7, 11) is 0. The summed E-state index contributed by atoms with van der Waals surface area (Å²) >= 11 is 0. The summed E-state index contributed by atoms with van der Waals surface area (Å²) in [4.78, 5) is 2.49. The maximum absolute atomic E-state index is 4.18. The van der Waals surface area contributed by atoms with Gasteiger partial charge in [0.15, 0.2) is 0 Å². The first kappa shape index (κ1) is 7.20. The standard InChI is InChI=1S/C10H17N/c1-9(10-5-4-6-10)11-7-2-3-8-11/h10H,1-8H2. The molecule has 2 fully saturated rings. The van der Waals surface area contributed by atoms with Crippen LogP contribution >= 0.6 is 0 Å². The van der Waals surface area contributed by atoms with E-state index >= 15 is 0 Å². The van der Waals surface area contributed by atoms with Crippen LogP contribution < -0.4 is 0 Å². The van der Waals surface area contributed by atoms with Gasteiger partial charge >= 0.3 is 0 Å². The molecular weight excluding hydrogens is 134 g/mol. The van der Waals surface area contributed by atoms with Gasteiger partial charge in [-0.2, -0.15) is 0 Å². The van der Waals surface area contributed by atoms with E-state index in [2.05, 4.69) is 11.5 Å². The quantitative estimate of drug-likeness (QED) is 0.585. The van der Waals surface area contributed by atoms with Gasteiger partial charge in [-0.15, -0.1) is 0 Å². The topological polar surface area (TPSA) is 3.24 Å². The van der Waals surface area contributed by atoms with E-state index in [9.17, 15) is 0 Å². The summed E-state index contributed by atoms with van der Waals surface area (Å²) in [6.07, 6.45) is 6.99. The Morgan fingerprint density at radius 3 is 2.18 bits per heavy atom. The van der Waals surface area contributed by atoms with E-state index in [1.807, 2.05) is 0 Å². The molecule has 1 saturated heterocycles. The first-order chi connectivity index (χ1) is 5.38. The van der Waals surface area contributed by atoms with E-state index in [0.717, 1.165) is 5.92 Å². The first-order valence-corrected chi connectivity index (χ1v) is 4.81. The number of likely N-dealkylation sites (tertiary alicyclic amines) is 1. The molecule has 0 spiro atoms. The van der Waals surface area contributed by atoms with Gasteiger partial charge in [0.25, 0.3) is 0 Å². The van der Waals surface area contributed by atoms with Crippen molar-refractivity contribution in [1.29, 1.82) is 0 Å². The lowest BCUT2D eigenvalue weighted by molar-refractivity contribution is 0.276. The Morgan fingerprint density at radius 2 is 1.73 bits per heavy atom. The molecule has 0 bridgehead atoms. The third-order valence-corrected chi connectivity index (χ3v) is 3.09. The Morgan fingerprint density at radius 1 is 1.09 bits per heavy atom. The lowest BCUT2D eigenvalue weighted by Crippen LogP contribution is -2.27. The van der Waals surface area contributed by atoms with Gasteiger partial charge < -0.3 is 4.90 Å². The van der Waals surface area contributed by atoms with Gasteiger partial charge in [0, 0.05) is 18.8 Å². The normalized spacial score (nSPS) is 25.3. The Labute approximate surface area is 69.1 Å². The Bertz CT molecular complexity index is 152. The molecule has 0 atom stereocenters. The number of hydrogen-bond acceptors (Lipinski definition) is 1. The van der Waals surface area contributed by atoms with Crippen molar-refractivity contribution < 1.29 is 0 Å². The minimum absolute atomic E-state index is 0.855. The van der Waals surface area contributed by atoms with Crippen LogP contribution in [0.2, 0.25) is 0 Å². The molecule has 1 heterocycles. The molecule has 1 nitrogen and oxygen atoms in total. The Balaban J connectivity index is 1.87. The lowest BCUT2D eigenvalue weighted by atomic mass is 9.83. The zero-order valence-electron chi connectivity index (χ0n) is 7.18. The monoisotopic (exact) mass is 151 g/mol. The summed E-state index contributed by atoms with van der Waals surface area (Å²) in [6.45, 7) is 6.73. The van der Waals surface area contributed by atoms with Crippen LogP contribution in [0.1, 0.15) is 32.1 Å². The second kappa shape index (κ2) is 2.88. The van der Waals surface area contributed by atoms with Gasteiger partial charge in [-0.05, 0) is 31.6 Å².